The minimum absolute atomic E-state index is 0.0464. The van der Waals surface area contributed by atoms with E-state index >= 15 is 0 Å². The third-order valence-electron chi connectivity index (χ3n) is 4.84. The van der Waals surface area contributed by atoms with Crippen molar-refractivity contribution in [3.8, 4) is 0 Å². The first kappa shape index (κ1) is 20.6. The average molecular weight is 406 g/mol. The molecular weight excluding hydrogens is 383 g/mol. The molecule has 0 amide bonds. The summed E-state index contributed by atoms with van der Waals surface area (Å²) in [5.41, 5.74) is 0. The van der Waals surface area contributed by atoms with Crippen LogP contribution in [-0.2, 0) is 14.3 Å². The second-order valence-corrected chi connectivity index (χ2v) is 10.1. The summed E-state index contributed by atoms with van der Waals surface area (Å²) in [6.07, 6.45) is -0.253. The van der Waals surface area contributed by atoms with Crippen LogP contribution in [0.2, 0.25) is 0 Å². The molecule has 29 heavy (non-hydrogen) atoms. The zero-order valence-electron chi connectivity index (χ0n) is 16.2. The monoisotopic (exact) mass is 406 g/mol. The second kappa shape index (κ2) is 9.40. The van der Waals surface area contributed by atoms with Gasteiger partial charge in [-0.3, -0.25) is 9.59 Å². The van der Waals surface area contributed by atoms with Crippen molar-refractivity contribution >= 4 is 40.0 Å². The molecule has 0 radical (unpaired) electrons. The van der Waals surface area contributed by atoms with Gasteiger partial charge in [0.1, 0.15) is 0 Å². The predicted octanol–water partition coefficient (Wildman–Crippen LogP) is 3.19. The molecule has 4 nitrogen and oxygen atoms in total. The lowest BCUT2D eigenvalue weighted by molar-refractivity contribution is -0.139. The Balaban J connectivity index is 2.53. The molecule has 0 fully saturated rings. The van der Waals surface area contributed by atoms with Gasteiger partial charge < -0.3 is 9.84 Å². The van der Waals surface area contributed by atoms with Crippen molar-refractivity contribution in [2.24, 2.45) is 0 Å². The number of ether oxygens (including phenoxy) is 1. The van der Waals surface area contributed by atoms with Gasteiger partial charge in [0.15, 0.2) is 0 Å². The Morgan fingerprint density at radius 1 is 0.724 bits per heavy atom. The van der Waals surface area contributed by atoms with Crippen LogP contribution in [0.5, 0.6) is 0 Å². The zero-order valence-corrected chi connectivity index (χ0v) is 17.1. The SMILES string of the molecule is COC(=O)CC(CC(=O)O)=P(c1ccccc1)(c1ccccc1)c1ccccc1. The third-order valence-corrected chi connectivity index (χ3v) is 9.32. The lowest BCUT2D eigenvalue weighted by Gasteiger charge is -2.32. The molecule has 0 aliphatic heterocycles. The fourth-order valence-corrected chi connectivity index (χ4v) is 8.25. The molecule has 0 atom stereocenters. The van der Waals surface area contributed by atoms with Gasteiger partial charge in [-0.05, 0) is 28.1 Å². The molecular formula is C24H23O4P. The number of carboxylic acids is 1. The number of benzene rings is 3. The number of carbonyl (C=O) groups is 2. The van der Waals surface area contributed by atoms with Crippen LogP contribution in [0.3, 0.4) is 0 Å². The first-order valence-corrected chi connectivity index (χ1v) is 11.1. The van der Waals surface area contributed by atoms with Crippen molar-refractivity contribution in [2.75, 3.05) is 7.11 Å². The van der Waals surface area contributed by atoms with Gasteiger partial charge in [0.2, 0.25) is 0 Å². The number of methoxy groups -OCH3 is 1. The number of esters is 1. The predicted molar refractivity (Wildman–Crippen MR) is 119 cm³/mol. The Morgan fingerprint density at radius 3 is 1.41 bits per heavy atom. The van der Waals surface area contributed by atoms with Gasteiger partial charge in [-0.25, -0.2) is 0 Å². The lowest BCUT2D eigenvalue weighted by atomic mass is 10.2. The molecule has 3 aromatic carbocycles. The highest BCUT2D eigenvalue weighted by Gasteiger charge is 2.31. The molecule has 0 unspecified atom stereocenters. The number of hydrogen-bond donors (Lipinski definition) is 1. The molecule has 1 N–H and O–H groups in total. The summed E-state index contributed by atoms with van der Waals surface area (Å²) in [7, 11) is 1.33. The molecule has 3 rings (SSSR count). The molecule has 148 valence electrons. The lowest BCUT2D eigenvalue weighted by Crippen LogP contribution is -2.32. The molecule has 0 aliphatic rings. The van der Waals surface area contributed by atoms with Crippen LogP contribution >= 0.6 is 6.89 Å². The van der Waals surface area contributed by atoms with Gasteiger partial charge in [-0.2, -0.15) is 0 Å². The van der Waals surface area contributed by atoms with Crippen LogP contribution in [0.4, 0.5) is 0 Å². The Bertz CT molecular complexity index is 925. The Morgan fingerprint density at radius 2 is 1.10 bits per heavy atom. The van der Waals surface area contributed by atoms with Crippen molar-refractivity contribution in [3.05, 3.63) is 91.0 Å². The van der Waals surface area contributed by atoms with E-state index in [1.807, 2.05) is 91.0 Å². The molecule has 0 saturated carbocycles. The molecule has 0 aliphatic carbocycles. The fourth-order valence-electron chi connectivity index (χ4n) is 3.66. The summed E-state index contributed by atoms with van der Waals surface area (Å²) < 4.78 is 4.93. The Labute approximate surface area is 170 Å². The standard InChI is InChI=1S/C24H23O4P/c1-28-24(27)18-22(17-23(25)26)29(19-11-5-2-6-12-19,20-13-7-3-8-14-20)21-15-9-4-10-16-21/h2-16H,17-18H2,1H3,(H,25,26). The van der Waals surface area contributed by atoms with Crippen LogP contribution in [0.1, 0.15) is 12.8 Å². The van der Waals surface area contributed by atoms with Crippen LogP contribution in [0.15, 0.2) is 91.0 Å². The quantitative estimate of drug-likeness (QED) is 0.484. The minimum Gasteiger partial charge on any atom is -0.481 e. The largest absolute Gasteiger partial charge is 0.481 e. The summed E-state index contributed by atoms with van der Waals surface area (Å²) in [5, 5.41) is 13.4. The van der Waals surface area contributed by atoms with E-state index in [1.54, 1.807) is 0 Å². The minimum atomic E-state index is -2.55. The molecule has 0 bridgehead atoms. The highest BCUT2D eigenvalue weighted by atomic mass is 31.2. The summed E-state index contributed by atoms with van der Waals surface area (Å²) >= 11 is 0. The highest BCUT2D eigenvalue weighted by Crippen LogP contribution is 2.47. The highest BCUT2D eigenvalue weighted by molar-refractivity contribution is 7.95. The summed E-state index contributed by atoms with van der Waals surface area (Å²) in [6, 6.07) is 29.6. The van der Waals surface area contributed by atoms with E-state index in [0.29, 0.717) is 5.29 Å². The van der Waals surface area contributed by atoms with Crippen LogP contribution < -0.4 is 15.9 Å². The summed E-state index contributed by atoms with van der Waals surface area (Å²) in [5.74, 6) is -1.40. The van der Waals surface area contributed by atoms with Crippen LogP contribution in [0, 0.1) is 0 Å². The fraction of sp³-hybridized carbons (Fsp3) is 0.125. The molecule has 0 saturated heterocycles. The van der Waals surface area contributed by atoms with Gasteiger partial charge in [-0.1, -0.05) is 91.0 Å². The van der Waals surface area contributed by atoms with E-state index in [0.717, 1.165) is 15.9 Å². The molecule has 0 spiro atoms. The third kappa shape index (κ3) is 4.33. The van der Waals surface area contributed by atoms with E-state index in [2.05, 4.69) is 0 Å². The maximum Gasteiger partial charge on any atom is 0.309 e. The van der Waals surface area contributed by atoms with Gasteiger partial charge >= 0.3 is 11.9 Å². The van der Waals surface area contributed by atoms with E-state index in [4.69, 9.17) is 4.74 Å². The first-order valence-electron chi connectivity index (χ1n) is 9.28. The number of hydrogen-bond acceptors (Lipinski definition) is 3. The van der Waals surface area contributed by atoms with Crippen LogP contribution in [0.25, 0.3) is 0 Å². The van der Waals surface area contributed by atoms with E-state index < -0.39 is 18.8 Å². The maximum absolute atomic E-state index is 12.3. The normalized spacial score (nSPS) is 10.9. The topological polar surface area (TPSA) is 63.6 Å². The zero-order chi connectivity index (χ0) is 20.7. The summed E-state index contributed by atoms with van der Waals surface area (Å²) in [4.78, 5) is 24.2. The van der Waals surface area contributed by atoms with Gasteiger partial charge in [0.05, 0.1) is 20.0 Å². The molecule has 0 heterocycles. The van der Waals surface area contributed by atoms with Crippen molar-refractivity contribution < 1.29 is 19.4 Å². The number of carboxylic acid groups (broad SMARTS) is 1. The molecule has 0 aromatic heterocycles. The van der Waals surface area contributed by atoms with Crippen molar-refractivity contribution in [2.45, 2.75) is 12.8 Å². The van der Waals surface area contributed by atoms with Gasteiger partial charge in [0.25, 0.3) is 0 Å². The number of rotatable bonds is 7. The second-order valence-electron chi connectivity index (χ2n) is 6.57. The maximum atomic E-state index is 12.3. The Hall–Kier alpha value is -3.10. The van der Waals surface area contributed by atoms with Gasteiger partial charge in [0, 0.05) is 0 Å². The van der Waals surface area contributed by atoms with E-state index in [-0.39, 0.29) is 12.8 Å². The average Bonchev–Trinajstić information content (AvgIpc) is 2.76. The number of carbonyl (C=O) groups excluding carboxylic acids is 1. The van der Waals surface area contributed by atoms with Gasteiger partial charge in [-0.15, -0.1) is 0 Å². The number of aliphatic carboxylic acids is 1. The van der Waals surface area contributed by atoms with E-state index in [9.17, 15) is 14.7 Å². The van der Waals surface area contributed by atoms with Crippen molar-refractivity contribution in [1.82, 2.24) is 0 Å². The Kier molecular flexibility index (Phi) is 6.69. The van der Waals surface area contributed by atoms with E-state index in [1.165, 1.54) is 7.11 Å². The summed E-state index contributed by atoms with van der Waals surface area (Å²) in [6.45, 7) is -2.55. The van der Waals surface area contributed by atoms with Crippen molar-refractivity contribution in [1.29, 1.82) is 0 Å². The molecule has 5 heteroatoms. The van der Waals surface area contributed by atoms with Crippen molar-refractivity contribution in [3.63, 3.8) is 0 Å². The first-order chi connectivity index (χ1) is 14.1. The molecule has 3 aromatic rings. The van der Waals surface area contributed by atoms with Crippen LogP contribution in [-0.4, -0.2) is 29.4 Å². The smallest absolute Gasteiger partial charge is 0.309 e.